The molecular formula is C15H17BrFNO3. The average Bonchev–Trinajstić information content (AvgIpc) is 2.60. The van der Waals surface area contributed by atoms with Crippen molar-refractivity contribution in [2.24, 2.45) is 5.92 Å². The van der Waals surface area contributed by atoms with Gasteiger partial charge >= 0.3 is 5.97 Å². The maximum absolute atomic E-state index is 13.4. The number of carbonyl (C=O) groups is 2. The molecular weight excluding hydrogens is 341 g/mol. The number of halogens is 2. The van der Waals surface area contributed by atoms with Gasteiger partial charge in [-0.25, -0.2) is 4.39 Å². The fourth-order valence-corrected chi connectivity index (χ4v) is 3.28. The number of carboxylic acids is 1. The lowest BCUT2D eigenvalue weighted by Crippen LogP contribution is -2.38. The molecule has 1 amide bonds. The molecule has 1 heterocycles. The van der Waals surface area contributed by atoms with E-state index in [2.05, 4.69) is 15.9 Å². The van der Waals surface area contributed by atoms with E-state index in [9.17, 15) is 19.1 Å². The molecule has 0 bridgehead atoms. The van der Waals surface area contributed by atoms with E-state index >= 15 is 0 Å². The zero-order valence-electron chi connectivity index (χ0n) is 11.7. The molecule has 2 rings (SSSR count). The molecule has 2 atom stereocenters. The summed E-state index contributed by atoms with van der Waals surface area (Å²) in [4.78, 5) is 25.4. The predicted molar refractivity (Wildman–Crippen MR) is 79.2 cm³/mol. The van der Waals surface area contributed by atoms with Crippen molar-refractivity contribution in [1.29, 1.82) is 0 Å². The van der Waals surface area contributed by atoms with E-state index in [0.717, 1.165) is 0 Å². The Morgan fingerprint density at radius 3 is 2.81 bits per heavy atom. The zero-order chi connectivity index (χ0) is 15.6. The molecule has 0 aromatic heterocycles. The lowest BCUT2D eigenvalue weighted by molar-refractivity contribution is -0.146. The van der Waals surface area contributed by atoms with Gasteiger partial charge in [0.15, 0.2) is 0 Å². The topological polar surface area (TPSA) is 57.6 Å². The SMILES string of the molecule is CCN1C(=O)CCCC(C(=O)O)C1c1ccc(F)c(Br)c1. The van der Waals surface area contributed by atoms with E-state index in [-0.39, 0.29) is 10.4 Å². The van der Waals surface area contributed by atoms with Gasteiger partial charge in [0.05, 0.1) is 16.4 Å². The first kappa shape index (κ1) is 15.9. The largest absolute Gasteiger partial charge is 0.481 e. The summed E-state index contributed by atoms with van der Waals surface area (Å²) in [5, 5.41) is 9.49. The Kier molecular flexibility index (Phi) is 4.98. The molecule has 1 aromatic carbocycles. The Labute approximate surface area is 131 Å². The van der Waals surface area contributed by atoms with Crippen LogP contribution in [0.15, 0.2) is 22.7 Å². The van der Waals surface area contributed by atoms with Crippen LogP contribution in [-0.2, 0) is 9.59 Å². The zero-order valence-corrected chi connectivity index (χ0v) is 13.3. The summed E-state index contributed by atoms with van der Waals surface area (Å²) < 4.78 is 13.7. The van der Waals surface area contributed by atoms with Gasteiger partial charge in [0.25, 0.3) is 0 Å². The molecule has 1 N–H and O–H groups in total. The number of carbonyl (C=O) groups excluding carboxylic acids is 1. The molecule has 0 spiro atoms. The molecule has 2 unspecified atom stereocenters. The number of hydrogen-bond donors (Lipinski definition) is 1. The van der Waals surface area contributed by atoms with Crippen molar-refractivity contribution in [2.45, 2.75) is 32.2 Å². The van der Waals surface area contributed by atoms with Gasteiger partial charge in [0, 0.05) is 13.0 Å². The highest BCUT2D eigenvalue weighted by Crippen LogP contribution is 2.37. The first-order valence-corrected chi connectivity index (χ1v) is 7.72. The summed E-state index contributed by atoms with van der Waals surface area (Å²) in [6.07, 6.45) is 1.36. The van der Waals surface area contributed by atoms with Gasteiger partial charge in [0.1, 0.15) is 5.82 Å². The van der Waals surface area contributed by atoms with Gasteiger partial charge in [-0.05, 0) is 53.4 Å². The van der Waals surface area contributed by atoms with Crippen molar-refractivity contribution >= 4 is 27.8 Å². The lowest BCUT2D eigenvalue weighted by Gasteiger charge is -2.33. The Balaban J connectivity index is 2.50. The molecule has 4 nitrogen and oxygen atoms in total. The van der Waals surface area contributed by atoms with Gasteiger partial charge in [-0.1, -0.05) is 6.07 Å². The molecule has 0 aliphatic carbocycles. The molecule has 114 valence electrons. The van der Waals surface area contributed by atoms with Crippen LogP contribution >= 0.6 is 15.9 Å². The van der Waals surface area contributed by atoms with Crippen LogP contribution in [0.4, 0.5) is 4.39 Å². The number of benzene rings is 1. The summed E-state index contributed by atoms with van der Waals surface area (Å²) in [7, 11) is 0. The molecule has 1 saturated heterocycles. The second-order valence-electron chi connectivity index (χ2n) is 5.14. The quantitative estimate of drug-likeness (QED) is 0.902. The van der Waals surface area contributed by atoms with Crippen molar-refractivity contribution < 1.29 is 19.1 Å². The van der Waals surface area contributed by atoms with E-state index < -0.39 is 23.7 Å². The van der Waals surface area contributed by atoms with Gasteiger partial charge < -0.3 is 10.0 Å². The average molecular weight is 358 g/mol. The van der Waals surface area contributed by atoms with Gasteiger partial charge in [-0.2, -0.15) is 0 Å². The summed E-state index contributed by atoms with van der Waals surface area (Å²) in [6.45, 7) is 2.26. The van der Waals surface area contributed by atoms with E-state index in [1.165, 1.54) is 6.07 Å². The first-order chi connectivity index (χ1) is 9.95. The number of carboxylic acid groups (broad SMARTS) is 1. The third kappa shape index (κ3) is 3.26. The Hall–Kier alpha value is -1.43. The van der Waals surface area contributed by atoms with Gasteiger partial charge in [-0.3, -0.25) is 9.59 Å². The maximum Gasteiger partial charge on any atom is 0.308 e. The Bertz CT molecular complexity index is 562. The molecule has 6 heteroatoms. The van der Waals surface area contributed by atoms with Crippen LogP contribution in [0.3, 0.4) is 0 Å². The summed E-state index contributed by atoms with van der Waals surface area (Å²) in [5.74, 6) is -2.05. The minimum atomic E-state index is -0.923. The molecule has 0 radical (unpaired) electrons. The standard InChI is InChI=1S/C15H17BrFNO3/c1-2-18-13(19)5-3-4-10(15(20)21)14(18)9-6-7-12(17)11(16)8-9/h6-8,10,14H,2-5H2,1H3,(H,20,21). The maximum atomic E-state index is 13.4. The minimum Gasteiger partial charge on any atom is -0.481 e. The molecule has 1 aliphatic heterocycles. The third-order valence-electron chi connectivity index (χ3n) is 3.89. The summed E-state index contributed by atoms with van der Waals surface area (Å²) >= 11 is 3.12. The highest BCUT2D eigenvalue weighted by molar-refractivity contribution is 9.10. The summed E-state index contributed by atoms with van der Waals surface area (Å²) in [6, 6.07) is 3.86. The molecule has 21 heavy (non-hydrogen) atoms. The number of rotatable bonds is 3. The number of hydrogen-bond acceptors (Lipinski definition) is 2. The fraction of sp³-hybridized carbons (Fsp3) is 0.467. The molecule has 1 aromatic rings. The van der Waals surface area contributed by atoms with E-state index in [1.807, 2.05) is 6.92 Å². The molecule has 0 saturated carbocycles. The number of amides is 1. The predicted octanol–water partition coefficient (Wildman–Crippen LogP) is 3.36. The monoisotopic (exact) mass is 357 g/mol. The highest BCUT2D eigenvalue weighted by atomic mass is 79.9. The van der Waals surface area contributed by atoms with Crippen LogP contribution in [0.5, 0.6) is 0 Å². The number of likely N-dealkylation sites (tertiary alicyclic amines) is 1. The van der Waals surface area contributed by atoms with Crippen molar-refractivity contribution in [3.05, 3.63) is 34.1 Å². The van der Waals surface area contributed by atoms with Crippen LogP contribution in [0.25, 0.3) is 0 Å². The second-order valence-corrected chi connectivity index (χ2v) is 5.99. The van der Waals surface area contributed by atoms with Crippen molar-refractivity contribution in [2.75, 3.05) is 6.54 Å². The minimum absolute atomic E-state index is 0.0494. The van der Waals surface area contributed by atoms with E-state index in [1.54, 1.807) is 17.0 Å². The van der Waals surface area contributed by atoms with Crippen LogP contribution in [0, 0.1) is 11.7 Å². The van der Waals surface area contributed by atoms with Crippen LogP contribution in [0.2, 0.25) is 0 Å². The normalized spacial score (nSPS) is 23.0. The lowest BCUT2D eigenvalue weighted by atomic mass is 9.89. The van der Waals surface area contributed by atoms with Crippen LogP contribution < -0.4 is 0 Å². The first-order valence-electron chi connectivity index (χ1n) is 6.93. The Morgan fingerprint density at radius 2 is 2.24 bits per heavy atom. The third-order valence-corrected chi connectivity index (χ3v) is 4.49. The van der Waals surface area contributed by atoms with Gasteiger partial charge in [0.2, 0.25) is 5.91 Å². The van der Waals surface area contributed by atoms with Crippen molar-refractivity contribution in [1.82, 2.24) is 4.90 Å². The second kappa shape index (κ2) is 6.56. The van der Waals surface area contributed by atoms with E-state index in [4.69, 9.17) is 0 Å². The number of aliphatic carboxylic acids is 1. The molecule has 1 aliphatic rings. The fourth-order valence-electron chi connectivity index (χ4n) is 2.89. The van der Waals surface area contributed by atoms with Crippen LogP contribution in [0.1, 0.15) is 37.8 Å². The smallest absolute Gasteiger partial charge is 0.308 e. The van der Waals surface area contributed by atoms with Crippen molar-refractivity contribution in [3.8, 4) is 0 Å². The summed E-state index contributed by atoms with van der Waals surface area (Å²) in [5.41, 5.74) is 0.646. The highest BCUT2D eigenvalue weighted by Gasteiger charge is 2.38. The Morgan fingerprint density at radius 1 is 1.52 bits per heavy atom. The van der Waals surface area contributed by atoms with Crippen molar-refractivity contribution in [3.63, 3.8) is 0 Å². The van der Waals surface area contributed by atoms with Crippen LogP contribution in [-0.4, -0.2) is 28.4 Å². The van der Waals surface area contributed by atoms with E-state index in [0.29, 0.717) is 31.4 Å². The molecule has 1 fully saturated rings. The number of nitrogens with zero attached hydrogens (tertiary/aromatic N) is 1. The van der Waals surface area contributed by atoms with Gasteiger partial charge in [-0.15, -0.1) is 0 Å².